The van der Waals surface area contributed by atoms with Crippen molar-refractivity contribution in [3.8, 4) is 0 Å². The third-order valence-corrected chi connectivity index (χ3v) is 3.46. The summed E-state index contributed by atoms with van der Waals surface area (Å²) in [5.74, 6) is 0.322. The monoisotopic (exact) mass is 266 g/mol. The van der Waals surface area contributed by atoms with Gasteiger partial charge in [-0.2, -0.15) is 0 Å². The smallest absolute Gasteiger partial charge is 0.292 e. The van der Waals surface area contributed by atoms with E-state index in [-0.39, 0.29) is 12.3 Å². The Bertz CT molecular complexity index is 474. The molecule has 1 saturated carbocycles. The molecule has 0 heterocycles. The number of anilines is 1. The number of hydrogen-bond acceptors (Lipinski definition) is 5. The van der Waals surface area contributed by atoms with Crippen LogP contribution in [0.5, 0.6) is 0 Å². The highest BCUT2D eigenvalue weighted by atomic mass is 16.6. The van der Waals surface area contributed by atoms with Crippen LogP contribution in [0.4, 0.5) is 11.4 Å². The Kier molecular flexibility index (Phi) is 4.01. The molecule has 1 unspecified atom stereocenters. The Balaban J connectivity index is 2.21. The maximum Gasteiger partial charge on any atom is 0.292 e. The Morgan fingerprint density at radius 2 is 2.21 bits per heavy atom. The molecule has 1 fully saturated rings. The normalized spacial score (nSPS) is 16.2. The van der Waals surface area contributed by atoms with Crippen LogP contribution in [0.25, 0.3) is 0 Å². The highest BCUT2D eigenvalue weighted by molar-refractivity contribution is 5.64. The van der Waals surface area contributed by atoms with Crippen molar-refractivity contribution in [1.82, 2.24) is 0 Å². The molecule has 0 aliphatic heterocycles. The lowest BCUT2D eigenvalue weighted by Crippen LogP contribution is -2.30. The molecule has 6 nitrogen and oxygen atoms in total. The van der Waals surface area contributed by atoms with Crippen LogP contribution in [-0.4, -0.2) is 34.8 Å². The minimum atomic E-state index is -0.456. The quantitative estimate of drug-likeness (QED) is 0.598. The van der Waals surface area contributed by atoms with Gasteiger partial charge >= 0.3 is 0 Å². The van der Waals surface area contributed by atoms with Crippen LogP contribution >= 0.6 is 0 Å². The first kappa shape index (κ1) is 13.8. The lowest BCUT2D eigenvalue weighted by Gasteiger charge is -2.22. The van der Waals surface area contributed by atoms with Crippen molar-refractivity contribution in [2.24, 2.45) is 5.92 Å². The Morgan fingerprint density at radius 1 is 1.53 bits per heavy atom. The fraction of sp³-hybridized carbons (Fsp3) is 0.538. The van der Waals surface area contributed by atoms with Gasteiger partial charge in [0.2, 0.25) is 0 Å². The first-order valence-electron chi connectivity index (χ1n) is 6.30. The zero-order chi connectivity index (χ0) is 14.0. The standard InChI is InChI=1S/C13H18N2O4/c1-14(7-13(17)10-3-4-10)12-6-9(8-16)2-5-11(12)15(18)19/h2,5-6,10,13,16-17H,3-4,7-8H2,1H3. The summed E-state index contributed by atoms with van der Waals surface area (Å²) < 4.78 is 0. The number of aliphatic hydroxyl groups is 2. The lowest BCUT2D eigenvalue weighted by atomic mass is 10.1. The van der Waals surface area contributed by atoms with E-state index in [2.05, 4.69) is 0 Å². The van der Waals surface area contributed by atoms with Crippen LogP contribution in [0.15, 0.2) is 18.2 Å². The van der Waals surface area contributed by atoms with Crippen LogP contribution in [0.2, 0.25) is 0 Å². The number of nitro benzene ring substituents is 1. The summed E-state index contributed by atoms with van der Waals surface area (Å²) in [5, 5.41) is 30.0. The number of benzene rings is 1. The van der Waals surface area contributed by atoms with Crippen molar-refractivity contribution in [2.75, 3.05) is 18.5 Å². The summed E-state index contributed by atoms with van der Waals surface area (Å²) >= 11 is 0. The van der Waals surface area contributed by atoms with E-state index in [4.69, 9.17) is 5.11 Å². The molecule has 2 rings (SSSR count). The number of aliphatic hydroxyl groups excluding tert-OH is 2. The Hall–Kier alpha value is -1.66. The number of hydrogen-bond donors (Lipinski definition) is 2. The van der Waals surface area contributed by atoms with E-state index in [1.165, 1.54) is 12.1 Å². The SMILES string of the molecule is CN(CC(O)C1CC1)c1cc(CO)ccc1[N+](=O)[O-]. The molecule has 0 amide bonds. The molecule has 1 aromatic rings. The number of nitro groups is 1. The van der Waals surface area contributed by atoms with Crippen molar-refractivity contribution < 1.29 is 15.1 Å². The first-order chi connectivity index (χ1) is 9.02. The number of likely N-dealkylation sites (N-methyl/N-ethyl adjacent to an activating group) is 1. The van der Waals surface area contributed by atoms with Gasteiger partial charge in [0.1, 0.15) is 5.69 Å². The zero-order valence-electron chi connectivity index (χ0n) is 10.8. The molecule has 0 spiro atoms. The van der Waals surface area contributed by atoms with E-state index in [0.717, 1.165) is 12.8 Å². The molecule has 0 radical (unpaired) electrons. The Labute approximate surface area is 111 Å². The molecule has 104 valence electrons. The molecule has 1 atom stereocenters. The summed E-state index contributed by atoms with van der Waals surface area (Å²) in [6.45, 7) is 0.199. The van der Waals surface area contributed by atoms with E-state index < -0.39 is 11.0 Å². The van der Waals surface area contributed by atoms with Crippen LogP contribution in [0.1, 0.15) is 18.4 Å². The topological polar surface area (TPSA) is 86.8 Å². The fourth-order valence-electron chi connectivity index (χ4n) is 2.14. The number of rotatable bonds is 6. The van der Waals surface area contributed by atoms with Gasteiger partial charge < -0.3 is 15.1 Å². The average Bonchev–Trinajstić information content (AvgIpc) is 3.21. The van der Waals surface area contributed by atoms with E-state index in [1.807, 2.05) is 0 Å². The van der Waals surface area contributed by atoms with Crippen LogP contribution in [-0.2, 0) is 6.61 Å². The molecule has 6 heteroatoms. The molecule has 1 aliphatic carbocycles. The lowest BCUT2D eigenvalue weighted by molar-refractivity contribution is -0.384. The predicted molar refractivity (Wildman–Crippen MR) is 71.0 cm³/mol. The molecule has 1 aliphatic rings. The average molecular weight is 266 g/mol. The largest absolute Gasteiger partial charge is 0.392 e. The van der Waals surface area contributed by atoms with Gasteiger partial charge in [-0.05, 0) is 36.5 Å². The van der Waals surface area contributed by atoms with Crippen molar-refractivity contribution in [1.29, 1.82) is 0 Å². The van der Waals surface area contributed by atoms with Crippen molar-refractivity contribution in [3.05, 3.63) is 33.9 Å². The summed E-state index contributed by atoms with van der Waals surface area (Å²) in [7, 11) is 1.72. The number of nitrogens with zero attached hydrogens (tertiary/aromatic N) is 2. The van der Waals surface area contributed by atoms with Gasteiger partial charge in [-0.1, -0.05) is 0 Å². The summed E-state index contributed by atoms with van der Waals surface area (Å²) in [6, 6.07) is 4.52. The second-order valence-corrected chi connectivity index (χ2v) is 5.02. The second-order valence-electron chi connectivity index (χ2n) is 5.02. The van der Waals surface area contributed by atoms with Gasteiger partial charge in [-0.3, -0.25) is 10.1 Å². The molecule has 1 aromatic carbocycles. The maximum absolute atomic E-state index is 11.0. The van der Waals surface area contributed by atoms with E-state index in [1.54, 1.807) is 18.0 Å². The summed E-state index contributed by atoms with van der Waals surface area (Å²) in [5.41, 5.74) is 1.03. The van der Waals surface area contributed by atoms with Gasteiger partial charge in [0.05, 0.1) is 17.6 Å². The highest BCUT2D eigenvalue weighted by Crippen LogP contribution is 2.34. The summed E-state index contributed by atoms with van der Waals surface area (Å²) in [6.07, 6.45) is 1.59. The van der Waals surface area contributed by atoms with Gasteiger partial charge in [-0.25, -0.2) is 0 Å². The second kappa shape index (κ2) is 5.54. The molecular weight excluding hydrogens is 248 g/mol. The fourth-order valence-corrected chi connectivity index (χ4v) is 2.14. The third kappa shape index (κ3) is 3.21. The highest BCUT2D eigenvalue weighted by Gasteiger charge is 2.31. The Morgan fingerprint density at radius 3 is 2.74 bits per heavy atom. The van der Waals surface area contributed by atoms with Crippen molar-refractivity contribution >= 4 is 11.4 Å². The predicted octanol–water partition coefficient (Wildman–Crippen LogP) is 1.29. The molecule has 19 heavy (non-hydrogen) atoms. The third-order valence-electron chi connectivity index (χ3n) is 3.46. The zero-order valence-corrected chi connectivity index (χ0v) is 10.8. The molecule has 0 saturated heterocycles. The van der Waals surface area contributed by atoms with Crippen molar-refractivity contribution in [2.45, 2.75) is 25.6 Å². The van der Waals surface area contributed by atoms with Gasteiger partial charge in [-0.15, -0.1) is 0 Å². The molecule has 0 aromatic heterocycles. The van der Waals surface area contributed by atoms with Crippen LogP contribution in [0, 0.1) is 16.0 Å². The van der Waals surface area contributed by atoms with Gasteiger partial charge in [0.25, 0.3) is 5.69 Å². The minimum Gasteiger partial charge on any atom is -0.392 e. The van der Waals surface area contributed by atoms with Gasteiger partial charge in [0.15, 0.2) is 0 Å². The van der Waals surface area contributed by atoms with E-state index >= 15 is 0 Å². The summed E-state index contributed by atoms with van der Waals surface area (Å²) in [4.78, 5) is 12.2. The maximum atomic E-state index is 11.0. The van der Waals surface area contributed by atoms with Gasteiger partial charge in [0, 0.05) is 19.7 Å². The molecule has 2 N–H and O–H groups in total. The van der Waals surface area contributed by atoms with Crippen molar-refractivity contribution in [3.63, 3.8) is 0 Å². The molecule has 0 bridgehead atoms. The van der Waals surface area contributed by atoms with E-state index in [9.17, 15) is 15.2 Å². The van der Waals surface area contributed by atoms with Crippen LogP contribution < -0.4 is 4.90 Å². The van der Waals surface area contributed by atoms with E-state index in [0.29, 0.717) is 23.7 Å². The first-order valence-corrected chi connectivity index (χ1v) is 6.30. The minimum absolute atomic E-state index is 0.0114. The van der Waals surface area contributed by atoms with Crippen LogP contribution in [0.3, 0.4) is 0 Å². The molecular formula is C13H18N2O4.